The molecule has 3 nitrogen and oxygen atoms in total. The first-order valence-corrected chi connectivity index (χ1v) is 21.6. The van der Waals surface area contributed by atoms with Crippen LogP contribution in [0.1, 0.15) is 25.0 Å². The van der Waals surface area contributed by atoms with Crippen LogP contribution in [0.3, 0.4) is 0 Å². The van der Waals surface area contributed by atoms with Crippen molar-refractivity contribution in [2.45, 2.75) is 19.3 Å². The van der Waals surface area contributed by atoms with Gasteiger partial charge in [-0.3, -0.25) is 0 Å². The first kappa shape index (κ1) is 38.0. The fourth-order valence-electron chi connectivity index (χ4n) is 9.31. The molecule has 0 bridgehead atoms. The summed E-state index contributed by atoms with van der Waals surface area (Å²) in [5.74, 6) is 1.94. The standard InChI is InChI=1S/C60H43N3/c1-60(2)54-29-16-15-28-50(54)53-37-48(34-35-55(53)60)52-39-49(40-18-7-3-8-19-40)38-51(56(52)42-20-9-4-10-21-42)47-27-17-26-46(36-47)41-30-32-45(33-31-41)59-62-57(43-22-11-5-12-23-43)61-58(63-59)44-24-13-6-14-25-44/h3-39H,1-2H3. The van der Waals surface area contributed by atoms with E-state index in [1.165, 1.54) is 61.2 Å². The molecular formula is C60H43N3. The lowest BCUT2D eigenvalue weighted by Gasteiger charge is -2.22. The molecule has 0 fully saturated rings. The molecule has 3 heteroatoms. The summed E-state index contributed by atoms with van der Waals surface area (Å²) >= 11 is 0. The topological polar surface area (TPSA) is 38.7 Å². The number of hydrogen-bond donors (Lipinski definition) is 0. The molecule has 0 atom stereocenters. The van der Waals surface area contributed by atoms with Gasteiger partial charge in [0.15, 0.2) is 17.5 Å². The van der Waals surface area contributed by atoms with E-state index in [9.17, 15) is 0 Å². The fourth-order valence-corrected chi connectivity index (χ4v) is 9.31. The second-order valence-corrected chi connectivity index (χ2v) is 16.8. The molecule has 0 amide bonds. The second-order valence-electron chi connectivity index (χ2n) is 16.8. The van der Waals surface area contributed by atoms with E-state index in [2.05, 4.69) is 178 Å². The molecule has 11 rings (SSSR count). The summed E-state index contributed by atoms with van der Waals surface area (Å²) in [6.07, 6.45) is 0. The van der Waals surface area contributed by atoms with Crippen LogP contribution in [0.15, 0.2) is 224 Å². The molecule has 0 spiro atoms. The molecule has 298 valence electrons. The van der Waals surface area contributed by atoms with Gasteiger partial charge in [0.05, 0.1) is 0 Å². The summed E-state index contributed by atoms with van der Waals surface area (Å²) in [7, 11) is 0. The molecule has 1 aliphatic carbocycles. The highest BCUT2D eigenvalue weighted by molar-refractivity contribution is 5.99. The van der Waals surface area contributed by atoms with Gasteiger partial charge in [-0.25, -0.2) is 15.0 Å². The van der Waals surface area contributed by atoms with Gasteiger partial charge in [0.25, 0.3) is 0 Å². The predicted octanol–water partition coefficient (Wildman–Crippen LogP) is 15.5. The zero-order chi connectivity index (χ0) is 42.3. The third-order valence-corrected chi connectivity index (χ3v) is 12.6. The molecule has 0 N–H and O–H groups in total. The molecule has 1 aliphatic rings. The van der Waals surface area contributed by atoms with Crippen LogP contribution in [0, 0.1) is 0 Å². The number of benzene rings is 9. The van der Waals surface area contributed by atoms with Crippen molar-refractivity contribution in [3.63, 3.8) is 0 Å². The van der Waals surface area contributed by atoms with Gasteiger partial charge < -0.3 is 0 Å². The molecule has 10 aromatic rings. The van der Waals surface area contributed by atoms with E-state index in [1.54, 1.807) is 0 Å². The van der Waals surface area contributed by atoms with Gasteiger partial charge in [0.2, 0.25) is 0 Å². The minimum absolute atomic E-state index is 0.0655. The number of hydrogen-bond acceptors (Lipinski definition) is 3. The molecular weight excluding hydrogens is 763 g/mol. The molecule has 0 aliphatic heterocycles. The lowest BCUT2D eigenvalue weighted by atomic mass is 9.81. The third kappa shape index (κ3) is 7.04. The molecule has 0 saturated carbocycles. The van der Waals surface area contributed by atoms with E-state index in [4.69, 9.17) is 15.0 Å². The monoisotopic (exact) mass is 805 g/mol. The van der Waals surface area contributed by atoms with E-state index < -0.39 is 0 Å². The van der Waals surface area contributed by atoms with Gasteiger partial charge in [0.1, 0.15) is 0 Å². The first-order chi connectivity index (χ1) is 31.0. The van der Waals surface area contributed by atoms with Gasteiger partial charge in [-0.15, -0.1) is 0 Å². The van der Waals surface area contributed by atoms with Crippen LogP contribution in [0.2, 0.25) is 0 Å². The maximum atomic E-state index is 4.98. The van der Waals surface area contributed by atoms with Crippen molar-refractivity contribution in [1.82, 2.24) is 15.0 Å². The highest BCUT2D eigenvalue weighted by atomic mass is 15.0. The van der Waals surface area contributed by atoms with E-state index in [0.717, 1.165) is 33.4 Å². The van der Waals surface area contributed by atoms with Crippen molar-refractivity contribution in [3.8, 4) is 101 Å². The van der Waals surface area contributed by atoms with Crippen LogP contribution >= 0.6 is 0 Å². The number of fused-ring (bicyclic) bond motifs is 3. The smallest absolute Gasteiger partial charge is 0.164 e. The van der Waals surface area contributed by atoms with E-state index >= 15 is 0 Å². The Morgan fingerprint density at radius 3 is 1.22 bits per heavy atom. The summed E-state index contributed by atoms with van der Waals surface area (Å²) < 4.78 is 0. The Bertz CT molecular complexity index is 3210. The zero-order valence-electron chi connectivity index (χ0n) is 35.2. The van der Waals surface area contributed by atoms with Gasteiger partial charge >= 0.3 is 0 Å². The Balaban J connectivity index is 1.04. The summed E-state index contributed by atoms with van der Waals surface area (Å²) in [5.41, 5.74) is 19.9. The summed E-state index contributed by atoms with van der Waals surface area (Å²) in [5, 5.41) is 0. The Morgan fingerprint density at radius 2 is 0.635 bits per heavy atom. The third-order valence-electron chi connectivity index (χ3n) is 12.6. The fraction of sp³-hybridized carbons (Fsp3) is 0.0500. The van der Waals surface area contributed by atoms with Crippen molar-refractivity contribution in [2.75, 3.05) is 0 Å². The van der Waals surface area contributed by atoms with E-state index in [0.29, 0.717) is 17.5 Å². The molecule has 1 aromatic heterocycles. The molecule has 9 aromatic carbocycles. The van der Waals surface area contributed by atoms with Gasteiger partial charge in [-0.1, -0.05) is 214 Å². The van der Waals surface area contributed by atoms with Crippen LogP contribution < -0.4 is 0 Å². The van der Waals surface area contributed by atoms with Crippen molar-refractivity contribution in [1.29, 1.82) is 0 Å². The molecule has 1 heterocycles. The Labute approximate surface area is 369 Å². The summed E-state index contributed by atoms with van der Waals surface area (Å²) in [6.45, 7) is 4.69. The molecule has 63 heavy (non-hydrogen) atoms. The molecule has 0 radical (unpaired) electrons. The van der Waals surface area contributed by atoms with Crippen molar-refractivity contribution < 1.29 is 0 Å². The van der Waals surface area contributed by atoms with Crippen molar-refractivity contribution >= 4 is 0 Å². The zero-order valence-corrected chi connectivity index (χ0v) is 35.2. The number of nitrogens with zero attached hydrogens (tertiary/aromatic N) is 3. The van der Waals surface area contributed by atoms with Crippen LogP contribution in [0.25, 0.3) is 101 Å². The maximum absolute atomic E-state index is 4.98. The Hall–Kier alpha value is -8.01. The molecule has 0 saturated heterocycles. The van der Waals surface area contributed by atoms with Crippen LogP contribution in [0.5, 0.6) is 0 Å². The molecule has 0 unspecified atom stereocenters. The minimum Gasteiger partial charge on any atom is -0.208 e. The van der Waals surface area contributed by atoms with Gasteiger partial charge in [-0.05, 0) is 102 Å². The summed E-state index contributed by atoms with van der Waals surface area (Å²) in [6, 6.07) is 80.2. The van der Waals surface area contributed by atoms with Crippen LogP contribution in [-0.2, 0) is 5.41 Å². The van der Waals surface area contributed by atoms with Crippen LogP contribution in [-0.4, -0.2) is 15.0 Å². The lowest BCUT2D eigenvalue weighted by molar-refractivity contribution is 0.660. The van der Waals surface area contributed by atoms with Crippen molar-refractivity contribution in [3.05, 3.63) is 236 Å². The van der Waals surface area contributed by atoms with Crippen LogP contribution in [0.4, 0.5) is 0 Å². The van der Waals surface area contributed by atoms with E-state index in [-0.39, 0.29) is 5.41 Å². The Kier molecular flexibility index (Phi) is 9.51. The van der Waals surface area contributed by atoms with E-state index in [1.807, 2.05) is 60.7 Å². The SMILES string of the molecule is CC1(C)c2ccccc2-c2cc(-c3cc(-c4ccccc4)cc(-c4cccc(-c5ccc(-c6nc(-c7ccccc7)nc(-c7ccccc7)n6)cc5)c4)c3-c3ccccc3)ccc21. The average Bonchev–Trinajstić information content (AvgIpc) is 3.59. The largest absolute Gasteiger partial charge is 0.208 e. The highest BCUT2D eigenvalue weighted by Crippen LogP contribution is 2.51. The quantitative estimate of drug-likeness (QED) is 0.154. The van der Waals surface area contributed by atoms with Crippen molar-refractivity contribution in [2.24, 2.45) is 0 Å². The number of aromatic nitrogens is 3. The number of rotatable bonds is 8. The normalized spacial score (nSPS) is 12.4. The highest BCUT2D eigenvalue weighted by Gasteiger charge is 2.35. The average molecular weight is 806 g/mol. The minimum atomic E-state index is -0.0655. The maximum Gasteiger partial charge on any atom is 0.164 e. The summed E-state index contributed by atoms with van der Waals surface area (Å²) in [4.78, 5) is 14.8. The van der Waals surface area contributed by atoms with Gasteiger partial charge in [0, 0.05) is 22.1 Å². The van der Waals surface area contributed by atoms with Gasteiger partial charge in [-0.2, -0.15) is 0 Å². The lowest BCUT2D eigenvalue weighted by Crippen LogP contribution is -2.14. The second kappa shape index (κ2) is 15.8. The Morgan fingerprint density at radius 1 is 0.254 bits per heavy atom. The predicted molar refractivity (Wildman–Crippen MR) is 261 cm³/mol. The first-order valence-electron chi connectivity index (χ1n) is 21.6.